The molecule has 0 aliphatic rings. The van der Waals surface area contributed by atoms with Crippen LogP contribution in [0, 0.1) is 6.92 Å². The Morgan fingerprint density at radius 2 is 1.76 bits per heavy atom. The van der Waals surface area contributed by atoms with Crippen molar-refractivity contribution in [3.8, 4) is 5.75 Å². The van der Waals surface area contributed by atoms with Crippen molar-refractivity contribution in [3.05, 3.63) is 64.1 Å². The number of hydrazine groups is 1. The topological polar surface area (TPSA) is 79.5 Å². The maximum atomic E-state index is 12.1. The molecule has 2 aromatic carbocycles. The van der Waals surface area contributed by atoms with Crippen molar-refractivity contribution in [1.29, 1.82) is 0 Å². The Kier molecular flexibility index (Phi) is 6.91. The fourth-order valence-electron chi connectivity index (χ4n) is 1.87. The van der Waals surface area contributed by atoms with Crippen molar-refractivity contribution >= 4 is 45.1 Å². The number of amides is 2. The minimum Gasteiger partial charge on any atom is -0.483 e. The summed E-state index contributed by atoms with van der Waals surface area (Å²) in [6.45, 7) is 1.70. The molecule has 0 aromatic heterocycles. The van der Waals surface area contributed by atoms with Crippen LogP contribution in [-0.4, -0.2) is 23.5 Å². The van der Waals surface area contributed by atoms with Gasteiger partial charge in [-0.2, -0.15) is 0 Å². The quantitative estimate of drug-likeness (QED) is 0.521. The fraction of sp³-hybridized carbons (Fsp3) is 0.118. The van der Waals surface area contributed by atoms with Crippen LogP contribution in [0.15, 0.2) is 53.0 Å². The Balaban J connectivity index is 1.76. The molecule has 0 bridgehead atoms. The molecule has 0 unspecified atom stereocenters. The minimum atomic E-state index is -0.430. The molecule has 0 radical (unpaired) electrons. The van der Waals surface area contributed by atoms with Crippen molar-refractivity contribution in [2.75, 3.05) is 6.61 Å². The maximum Gasteiger partial charge on any atom is 0.276 e. The molecule has 0 aliphatic heterocycles. The number of nitrogens with one attached hydrogen (secondary N) is 3. The number of para-hydroxylation sites is 1. The molecule has 130 valence electrons. The molecule has 2 rings (SSSR count). The highest BCUT2D eigenvalue weighted by molar-refractivity contribution is 9.10. The average Bonchev–Trinajstić information content (AvgIpc) is 2.59. The van der Waals surface area contributed by atoms with Gasteiger partial charge >= 0.3 is 0 Å². The molecular weight excluding hydrogens is 406 g/mol. The van der Waals surface area contributed by atoms with Crippen molar-refractivity contribution < 1.29 is 14.3 Å². The number of carbonyl (C=O) groups excluding carboxylic acids is 2. The van der Waals surface area contributed by atoms with Crippen LogP contribution in [0.1, 0.15) is 15.9 Å². The zero-order valence-corrected chi connectivity index (χ0v) is 15.7. The molecule has 0 saturated heterocycles. The van der Waals surface area contributed by atoms with E-state index in [0.29, 0.717) is 15.8 Å². The van der Waals surface area contributed by atoms with Crippen LogP contribution in [0.3, 0.4) is 0 Å². The summed E-state index contributed by atoms with van der Waals surface area (Å²) >= 11 is 8.26. The standard InChI is InChI=1S/C17H16BrN3O3S/c1-11-6-2-5-9-14(11)24-10-15(22)20-21-17(25)19-16(23)12-7-3-4-8-13(12)18/h2-9H,10H2,1H3,(H,20,22)(H2,19,21,23,25). The highest BCUT2D eigenvalue weighted by Gasteiger charge is 2.11. The fourth-order valence-corrected chi connectivity index (χ4v) is 2.48. The molecule has 8 heteroatoms. The molecule has 0 saturated carbocycles. The molecule has 6 nitrogen and oxygen atoms in total. The van der Waals surface area contributed by atoms with Gasteiger partial charge in [0, 0.05) is 4.47 Å². The van der Waals surface area contributed by atoms with Crippen LogP contribution >= 0.6 is 28.1 Å². The third-order valence-corrected chi connectivity index (χ3v) is 4.01. The Bertz CT molecular complexity index is 798. The van der Waals surface area contributed by atoms with Gasteiger partial charge < -0.3 is 4.74 Å². The molecule has 2 aromatic rings. The zero-order valence-electron chi connectivity index (χ0n) is 13.3. The Morgan fingerprint density at radius 3 is 2.48 bits per heavy atom. The second kappa shape index (κ2) is 9.14. The van der Waals surface area contributed by atoms with E-state index in [2.05, 4.69) is 32.1 Å². The summed E-state index contributed by atoms with van der Waals surface area (Å²) in [6, 6.07) is 14.3. The number of rotatable bonds is 4. The third-order valence-electron chi connectivity index (χ3n) is 3.11. The summed E-state index contributed by atoms with van der Waals surface area (Å²) in [5.74, 6) is -0.196. The summed E-state index contributed by atoms with van der Waals surface area (Å²) in [6.07, 6.45) is 0. The Hall–Kier alpha value is -2.45. The van der Waals surface area contributed by atoms with Gasteiger partial charge in [0.15, 0.2) is 11.7 Å². The largest absolute Gasteiger partial charge is 0.483 e. The lowest BCUT2D eigenvalue weighted by molar-refractivity contribution is -0.123. The van der Waals surface area contributed by atoms with Crippen LogP contribution in [0.2, 0.25) is 0 Å². The number of hydrogen-bond acceptors (Lipinski definition) is 4. The van der Waals surface area contributed by atoms with Crippen molar-refractivity contribution in [2.45, 2.75) is 6.92 Å². The first kappa shape index (κ1) is 18.9. The van der Waals surface area contributed by atoms with Gasteiger partial charge in [-0.15, -0.1) is 0 Å². The van der Waals surface area contributed by atoms with Crippen molar-refractivity contribution in [2.24, 2.45) is 0 Å². The monoisotopic (exact) mass is 421 g/mol. The van der Waals surface area contributed by atoms with E-state index < -0.39 is 11.8 Å². The first-order valence-corrected chi connectivity index (χ1v) is 8.50. The van der Waals surface area contributed by atoms with Gasteiger partial charge in [-0.25, -0.2) is 0 Å². The lowest BCUT2D eigenvalue weighted by Crippen LogP contribution is -2.49. The first-order chi connectivity index (χ1) is 12.0. The molecule has 3 N–H and O–H groups in total. The lowest BCUT2D eigenvalue weighted by Gasteiger charge is -2.12. The smallest absolute Gasteiger partial charge is 0.276 e. The average molecular weight is 422 g/mol. The van der Waals surface area contributed by atoms with E-state index in [0.717, 1.165) is 5.56 Å². The van der Waals surface area contributed by atoms with Crippen LogP contribution in [-0.2, 0) is 4.79 Å². The van der Waals surface area contributed by atoms with E-state index in [9.17, 15) is 9.59 Å². The summed E-state index contributed by atoms with van der Waals surface area (Å²) in [5, 5.41) is 2.45. The van der Waals surface area contributed by atoms with Crippen molar-refractivity contribution in [3.63, 3.8) is 0 Å². The van der Waals surface area contributed by atoms with Crippen LogP contribution in [0.5, 0.6) is 5.75 Å². The number of carbonyl (C=O) groups is 2. The second-order valence-corrected chi connectivity index (χ2v) is 6.25. The second-order valence-electron chi connectivity index (χ2n) is 4.99. The summed E-state index contributed by atoms with van der Waals surface area (Å²) in [5.41, 5.74) is 6.18. The molecule has 0 atom stereocenters. The first-order valence-electron chi connectivity index (χ1n) is 7.30. The summed E-state index contributed by atoms with van der Waals surface area (Å²) in [4.78, 5) is 23.8. The van der Waals surface area contributed by atoms with Crippen LogP contribution in [0.4, 0.5) is 0 Å². The summed E-state index contributed by atoms with van der Waals surface area (Å²) < 4.78 is 6.05. The van der Waals surface area contributed by atoms with Gasteiger partial charge in [0.05, 0.1) is 5.56 Å². The van der Waals surface area contributed by atoms with Gasteiger partial charge in [0.1, 0.15) is 5.75 Å². The molecule has 0 aliphatic carbocycles. The van der Waals surface area contributed by atoms with Gasteiger partial charge in [-0.1, -0.05) is 30.3 Å². The highest BCUT2D eigenvalue weighted by Crippen LogP contribution is 2.16. The van der Waals surface area contributed by atoms with E-state index in [1.165, 1.54) is 0 Å². The van der Waals surface area contributed by atoms with E-state index in [1.807, 2.05) is 25.1 Å². The number of benzene rings is 2. The van der Waals surface area contributed by atoms with Crippen LogP contribution in [0.25, 0.3) is 0 Å². The molecule has 2 amide bonds. The third kappa shape index (κ3) is 5.84. The predicted molar refractivity (Wildman–Crippen MR) is 102 cm³/mol. The van der Waals surface area contributed by atoms with Crippen LogP contribution < -0.4 is 20.9 Å². The Labute approximate surface area is 159 Å². The molecule has 0 fully saturated rings. The van der Waals surface area contributed by atoms with E-state index in [-0.39, 0.29) is 11.7 Å². The number of halogens is 1. The molecule has 0 heterocycles. The number of hydrogen-bond donors (Lipinski definition) is 3. The van der Waals surface area contributed by atoms with E-state index in [4.69, 9.17) is 17.0 Å². The van der Waals surface area contributed by atoms with Gasteiger partial charge in [-0.05, 0) is 58.8 Å². The zero-order chi connectivity index (χ0) is 18.2. The number of thiocarbonyl (C=S) groups is 1. The number of ether oxygens (including phenoxy) is 1. The lowest BCUT2D eigenvalue weighted by atomic mass is 10.2. The van der Waals surface area contributed by atoms with Crippen molar-refractivity contribution in [1.82, 2.24) is 16.2 Å². The van der Waals surface area contributed by atoms with Gasteiger partial charge in [-0.3, -0.25) is 25.8 Å². The Morgan fingerprint density at radius 1 is 1.08 bits per heavy atom. The normalized spacial score (nSPS) is 9.84. The summed E-state index contributed by atoms with van der Waals surface area (Å²) in [7, 11) is 0. The predicted octanol–water partition coefficient (Wildman–Crippen LogP) is 2.47. The van der Waals surface area contributed by atoms with Gasteiger partial charge in [0.25, 0.3) is 11.8 Å². The molecular formula is C17H16BrN3O3S. The molecule has 0 spiro atoms. The van der Waals surface area contributed by atoms with Gasteiger partial charge in [0.2, 0.25) is 0 Å². The SMILES string of the molecule is Cc1ccccc1OCC(=O)NNC(=S)NC(=O)c1ccccc1Br. The molecule has 25 heavy (non-hydrogen) atoms. The minimum absolute atomic E-state index is 0.0232. The number of aryl methyl sites for hydroxylation is 1. The maximum absolute atomic E-state index is 12.1. The van der Waals surface area contributed by atoms with E-state index in [1.54, 1.807) is 30.3 Å². The van der Waals surface area contributed by atoms with E-state index >= 15 is 0 Å². The highest BCUT2D eigenvalue weighted by atomic mass is 79.9.